The van der Waals surface area contributed by atoms with Crippen molar-refractivity contribution in [2.24, 2.45) is 4.99 Å². The first-order chi connectivity index (χ1) is 12.1. The van der Waals surface area contributed by atoms with Crippen LogP contribution in [0.2, 0.25) is 0 Å². The summed E-state index contributed by atoms with van der Waals surface area (Å²) in [6, 6.07) is 0. The molecule has 0 spiro atoms. The molecule has 7 nitrogen and oxygen atoms in total. The number of hydrogen-bond acceptors (Lipinski definition) is 5. The highest BCUT2D eigenvalue weighted by Gasteiger charge is 2.09. The van der Waals surface area contributed by atoms with Crippen LogP contribution in [-0.4, -0.2) is 99.7 Å². The highest BCUT2D eigenvalue weighted by molar-refractivity contribution is 7.99. The molecule has 144 valence electrons. The number of rotatable bonds is 11. The summed E-state index contributed by atoms with van der Waals surface area (Å²) in [6.45, 7) is 10.2. The van der Waals surface area contributed by atoms with Crippen LogP contribution in [-0.2, 0) is 9.53 Å². The van der Waals surface area contributed by atoms with Crippen LogP contribution in [0, 0.1) is 0 Å². The summed E-state index contributed by atoms with van der Waals surface area (Å²) < 4.78 is 5.36. The Kier molecular flexibility index (Phi) is 12.2. The fourth-order valence-corrected chi connectivity index (χ4v) is 2.78. The van der Waals surface area contributed by atoms with Crippen molar-refractivity contribution in [2.45, 2.75) is 6.42 Å². The standard InChI is InChI=1S/C17H33N5O2S/c1-4-13-25-14-7-19-17(20-15-16(23)21(2)3)18-6-5-8-22-9-11-24-12-10-22/h4H,1,5-15H2,2-3H3,(H2,18,19,20). The molecule has 0 aromatic rings. The van der Waals surface area contributed by atoms with Crippen molar-refractivity contribution >= 4 is 23.6 Å². The lowest BCUT2D eigenvalue weighted by molar-refractivity contribution is -0.127. The van der Waals surface area contributed by atoms with Gasteiger partial charge in [0.15, 0.2) is 5.96 Å². The minimum atomic E-state index is -0.00421. The highest BCUT2D eigenvalue weighted by Crippen LogP contribution is 1.98. The van der Waals surface area contributed by atoms with Crippen LogP contribution in [0.15, 0.2) is 17.6 Å². The number of carbonyl (C=O) groups excluding carboxylic acids is 1. The number of aliphatic imine (C=N–C) groups is 1. The van der Waals surface area contributed by atoms with Gasteiger partial charge in [0.05, 0.1) is 13.2 Å². The fourth-order valence-electron chi connectivity index (χ4n) is 2.20. The Hall–Kier alpha value is -1.25. The highest BCUT2D eigenvalue weighted by atomic mass is 32.2. The van der Waals surface area contributed by atoms with Gasteiger partial charge in [0.25, 0.3) is 0 Å². The molecule has 1 amide bonds. The van der Waals surface area contributed by atoms with Gasteiger partial charge in [-0.3, -0.25) is 9.69 Å². The summed E-state index contributed by atoms with van der Waals surface area (Å²) in [5.74, 6) is 2.62. The lowest BCUT2D eigenvalue weighted by atomic mass is 10.3. The Morgan fingerprint density at radius 3 is 2.72 bits per heavy atom. The van der Waals surface area contributed by atoms with Gasteiger partial charge >= 0.3 is 0 Å². The smallest absolute Gasteiger partial charge is 0.243 e. The molecular formula is C17H33N5O2S. The van der Waals surface area contributed by atoms with E-state index in [2.05, 4.69) is 27.1 Å². The molecule has 8 heteroatoms. The van der Waals surface area contributed by atoms with Gasteiger partial charge in [-0.25, -0.2) is 4.99 Å². The quantitative estimate of drug-likeness (QED) is 0.235. The molecular weight excluding hydrogens is 338 g/mol. The summed E-state index contributed by atoms with van der Waals surface area (Å²) in [5, 5.41) is 6.62. The molecule has 1 rings (SSSR count). The number of nitrogens with one attached hydrogen (secondary N) is 2. The van der Waals surface area contributed by atoms with Gasteiger partial charge in [0, 0.05) is 51.8 Å². The molecule has 0 bridgehead atoms. The van der Waals surface area contributed by atoms with E-state index in [0.717, 1.165) is 63.9 Å². The van der Waals surface area contributed by atoms with Crippen LogP contribution >= 0.6 is 11.8 Å². The van der Waals surface area contributed by atoms with E-state index >= 15 is 0 Å². The minimum absolute atomic E-state index is 0.00421. The van der Waals surface area contributed by atoms with Crippen molar-refractivity contribution in [3.63, 3.8) is 0 Å². The maximum absolute atomic E-state index is 11.7. The topological polar surface area (TPSA) is 69.2 Å². The predicted octanol–water partition coefficient (Wildman–Crippen LogP) is 0.251. The average molecular weight is 372 g/mol. The molecule has 0 aromatic heterocycles. The van der Waals surface area contributed by atoms with Crippen molar-refractivity contribution < 1.29 is 9.53 Å². The summed E-state index contributed by atoms with van der Waals surface area (Å²) in [4.78, 5) is 20.1. The minimum Gasteiger partial charge on any atom is -0.379 e. The first-order valence-corrected chi connectivity index (χ1v) is 10.00. The van der Waals surface area contributed by atoms with E-state index in [-0.39, 0.29) is 12.5 Å². The molecule has 1 aliphatic heterocycles. The number of likely N-dealkylation sites (N-methyl/N-ethyl adjacent to an activating group) is 1. The van der Waals surface area contributed by atoms with E-state index in [0.29, 0.717) is 5.96 Å². The number of carbonyl (C=O) groups is 1. The number of thioether (sulfide) groups is 1. The second-order valence-electron chi connectivity index (χ2n) is 5.98. The number of guanidine groups is 1. The monoisotopic (exact) mass is 371 g/mol. The van der Waals surface area contributed by atoms with Crippen molar-refractivity contribution in [3.05, 3.63) is 12.7 Å². The number of hydrogen-bond donors (Lipinski definition) is 2. The molecule has 0 unspecified atom stereocenters. The molecule has 25 heavy (non-hydrogen) atoms. The van der Waals surface area contributed by atoms with Crippen LogP contribution < -0.4 is 10.6 Å². The van der Waals surface area contributed by atoms with Crippen molar-refractivity contribution in [2.75, 3.05) is 78.1 Å². The number of amides is 1. The lowest BCUT2D eigenvalue weighted by Crippen LogP contribution is -2.42. The normalized spacial score (nSPS) is 15.7. The molecule has 0 saturated carbocycles. The van der Waals surface area contributed by atoms with E-state index in [9.17, 15) is 4.79 Å². The van der Waals surface area contributed by atoms with Crippen LogP contribution in [0.5, 0.6) is 0 Å². The predicted molar refractivity (Wildman–Crippen MR) is 106 cm³/mol. The maximum Gasteiger partial charge on any atom is 0.243 e. The SMILES string of the molecule is C=CCSCCNC(=NCC(=O)N(C)C)NCCCN1CCOCC1. The zero-order valence-electron chi connectivity index (χ0n) is 15.6. The van der Waals surface area contributed by atoms with Crippen LogP contribution in [0.1, 0.15) is 6.42 Å². The Morgan fingerprint density at radius 1 is 1.32 bits per heavy atom. The third-order valence-electron chi connectivity index (χ3n) is 3.69. The summed E-state index contributed by atoms with van der Waals surface area (Å²) in [5.41, 5.74) is 0. The van der Waals surface area contributed by atoms with Crippen molar-refractivity contribution in [1.29, 1.82) is 0 Å². The van der Waals surface area contributed by atoms with E-state index in [1.54, 1.807) is 19.0 Å². The molecule has 1 fully saturated rings. The van der Waals surface area contributed by atoms with Gasteiger partial charge in [-0.2, -0.15) is 11.8 Å². The van der Waals surface area contributed by atoms with Gasteiger partial charge in [-0.05, 0) is 13.0 Å². The fraction of sp³-hybridized carbons (Fsp3) is 0.765. The van der Waals surface area contributed by atoms with Crippen LogP contribution in [0.4, 0.5) is 0 Å². The van der Waals surface area contributed by atoms with Crippen molar-refractivity contribution in [1.82, 2.24) is 20.4 Å². The lowest BCUT2D eigenvalue weighted by Gasteiger charge is -2.26. The third-order valence-corrected chi connectivity index (χ3v) is 4.66. The zero-order chi connectivity index (χ0) is 18.3. The van der Waals surface area contributed by atoms with E-state index in [4.69, 9.17) is 4.74 Å². The van der Waals surface area contributed by atoms with E-state index < -0.39 is 0 Å². The molecule has 1 saturated heterocycles. The van der Waals surface area contributed by atoms with Gasteiger partial charge in [0.1, 0.15) is 6.54 Å². The van der Waals surface area contributed by atoms with E-state index in [1.165, 1.54) is 0 Å². The number of ether oxygens (including phenoxy) is 1. The average Bonchev–Trinajstić information content (AvgIpc) is 2.62. The summed E-state index contributed by atoms with van der Waals surface area (Å²) in [7, 11) is 3.49. The van der Waals surface area contributed by atoms with Gasteiger partial charge in [-0.1, -0.05) is 6.08 Å². The van der Waals surface area contributed by atoms with Crippen LogP contribution in [0.3, 0.4) is 0 Å². The first kappa shape index (κ1) is 21.8. The van der Waals surface area contributed by atoms with Gasteiger partial charge < -0.3 is 20.3 Å². The largest absolute Gasteiger partial charge is 0.379 e. The molecule has 0 radical (unpaired) electrons. The number of nitrogens with zero attached hydrogens (tertiary/aromatic N) is 3. The molecule has 1 aliphatic rings. The van der Waals surface area contributed by atoms with E-state index in [1.807, 2.05) is 17.8 Å². The van der Waals surface area contributed by atoms with Gasteiger partial charge in [-0.15, -0.1) is 6.58 Å². The second-order valence-corrected chi connectivity index (χ2v) is 7.13. The number of morpholine rings is 1. The van der Waals surface area contributed by atoms with Crippen LogP contribution in [0.25, 0.3) is 0 Å². The third kappa shape index (κ3) is 11.1. The molecule has 0 atom stereocenters. The van der Waals surface area contributed by atoms with Crippen molar-refractivity contribution in [3.8, 4) is 0 Å². The molecule has 2 N–H and O–H groups in total. The molecule has 0 aliphatic carbocycles. The maximum atomic E-state index is 11.7. The zero-order valence-corrected chi connectivity index (χ0v) is 16.4. The Balaban J connectivity index is 2.30. The summed E-state index contributed by atoms with van der Waals surface area (Å²) in [6.07, 6.45) is 2.94. The second kappa shape index (κ2) is 14.0. The Labute approximate surface area is 156 Å². The van der Waals surface area contributed by atoms with Gasteiger partial charge in [0.2, 0.25) is 5.91 Å². The molecule has 1 heterocycles. The Morgan fingerprint density at radius 2 is 2.04 bits per heavy atom. The Bertz CT molecular complexity index is 412. The molecule has 0 aromatic carbocycles. The first-order valence-electron chi connectivity index (χ1n) is 8.84. The summed E-state index contributed by atoms with van der Waals surface area (Å²) >= 11 is 1.81.